The van der Waals surface area contributed by atoms with E-state index in [1.807, 2.05) is 25.4 Å². The lowest BCUT2D eigenvalue weighted by molar-refractivity contribution is 0.102. The van der Waals surface area contributed by atoms with E-state index in [4.69, 9.17) is 21.8 Å². The third-order valence-corrected chi connectivity index (χ3v) is 6.81. The van der Waals surface area contributed by atoms with Crippen molar-refractivity contribution in [1.29, 1.82) is 0 Å². The number of aliphatic imine (C=N–C) groups is 1. The fraction of sp³-hybridized carbons (Fsp3) is 0.381. The number of benzene rings is 1. The molecule has 3 heterocycles. The molecule has 0 unspecified atom stereocenters. The third kappa shape index (κ3) is 5.48. The molecule has 1 aromatic heterocycles. The van der Waals surface area contributed by atoms with Gasteiger partial charge in [-0.05, 0) is 43.2 Å². The number of thioether (sulfide) groups is 1. The normalized spacial score (nSPS) is 17.9. The summed E-state index contributed by atoms with van der Waals surface area (Å²) in [7, 11) is 2.03. The first kappa shape index (κ1) is 21.9. The zero-order valence-corrected chi connectivity index (χ0v) is 18.8. The maximum Gasteiger partial charge on any atom is 0.292 e. The number of nitrogens with zero attached hydrogens (tertiary/aromatic N) is 3. The number of hydrogen-bond donors (Lipinski definition) is 3. The zero-order chi connectivity index (χ0) is 21.8. The van der Waals surface area contributed by atoms with Gasteiger partial charge in [-0.3, -0.25) is 14.7 Å². The van der Waals surface area contributed by atoms with Crippen LogP contribution in [0.5, 0.6) is 0 Å². The van der Waals surface area contributed by atoms with E-state index in [1.54, 1.807) is 17.8 Å². The van der Waals surface area contributed by atoms with Crippen LogP contribution >= 0.6 is 23.4 Å². The Hall–Kier alpha value is -2.33. The van der Waals surface area contributed by atoms with Crippen molar-refractivity contribution in [2.75, 3.05) is 43.5 Å². The van der Waals surface area contributed by atoms with Gasteiger partial charge in [0.25, 0.3) is 11.9 Å². The van der Waals surface area contributed by atoms with Crippen LogP contribution in [0.2, 0.25) is 5.02 Å². The quantitative estimate of drug-likeness (QED) is 0.606. The number of nitrogens with two attached hydrogens (primary N) is 1. The summed E-state index contributed by atoms with van der Waals surface area (Å²) in [6.07, 6.45) is 5.48. The Balaban J connectivity index is 1.41. The van der Waals surface area contributed by atoms with E-state index in [2.05, 4.69) is 25.5 Å². The van der Waals surface area contributed by atoms with Gasteiger partial charge < -0.3 is 20.8 Å². The highest BCUT2D eigenvalue weighted by Gasteiger charge is 2.21. The lowest BCUT2D eigenvalue weighted by atomic mass is 10.1. The van der Waals surface area contributed by atoms with Gasteiger partial charge in [-0.1, -0.05) is 17.7 Å². The maximum atomic E-state index is 12.3. The molecule has 0 bridgehead atoms. The molecule has 0 saturated carbocycles. The van der Waals surface area contributed by atoms with Crippen molar-refractivity contribution < 1.29 is 9.21 Å². The van der Waals surface area contributed by atoms with Crippen LogP contribution in [0.3, 0.4) is 0 Å². The molecule has 31 heavy (non-hydrogen) atoms. The second kappa shape index (κ2) is 9.86. The van der Waals surface area contributed by atoms with Gasteiger partial charge in [-0.25, -0.2) is 0 Å². The molecule has 4 rings (SSSR count). The Morgan fingerprint density at radius 1 is 1.39 bits per heavy atom. The van der Waals surface area contributed by atoms with Crippen LogP contribution in [0.4, 0.5) is 11.7 Å². The Morgan fingerprint density at radius 3 is 2.84 bits per heavy atom. The van der Waals surface area contributed by atoms with Crippen LogP contribution in [-0.2, 0) is 0 Å². The van der Waals surface area contributed by atoms with Crippen molar-refractivity contribution in [2.24, 2.45) is 4.99 Å². The van der Waals surface area contributed by atoms with Crippen LogP contribution in [-0.4, -0.2) is 59.3 Å². The number of carbonyl (C=O) groups excluding carboxylic acids is 1. The first-order valence-electron chi connectivity index (χ1n) is 10.1. The molecular formula is C21H25ClN6O2S. The third-order valence-electron chi connectivity index (χ3n) is 5.45. The van der Waals surface area contributed by atoms with Gasteiger partial charge >= 0.3 is 0 Å². The molecule has 164 valence electrons. The second-order valence-electron chi connectivity index (χ2n) is 7.52. The number of oxazole rings is 1. The number of carbonyl (C=O) groups is 1. The number of anilines is 2. The highest BCUT2D eigenvalue weighted by Crippen LogP contribution is 2.31. The first-order chi connectivity index (χ1) is 15.0. The number of likely N-dealkylation sites (tertiary alicyclic amines) is 1. The van der Waals surface area contributed by atoms with E-state index in [0.717, 1.165) is 41.6 Å². The summed E-state index contributed by atoms with van der Waals surface area (Å²) >= 11 is 8.04. The highest BCUT2D eigenvalue weighted by atomic mass is 35.5. The highest BCUT2D eigenvalue weighted by molar-refractivity contribution is 8.14. The topological polar surface area (TPSA) is 109 Å². The molecule has 2 aliphatic rings. The second-order valence-corrected chi connectivity index (χ2v) is 8.98. The van der Waals surface area contributed by atoms with Gasteiger partial charge in [0.15, 0.2) is 5.69 Å². The summed E-state index contributed by atoms with van der Waals surface area (Å²) in [5.74, 6) is 0.384. The Kier molecular flexibility index (Phi) is 6.96. The minimum absolute atomic E-state index is 0.0607. The standard InChI is InChI=1S/C21H25ClN6O2S/c1-24-15-4-6-28(7-5-15)10-19-25-9-14(12-31-19)13-2-3-16(22)17(8-13)26-20(29)18-11-30-21(23)27-18/h2-3,8-9,11,15,24H,4-7,10,12H2,1H3,(H2,23,27)(H,26,29). The maximum absolute atomic E-state index is 12.3. The number of hydrogen-bond acceptors (Lipinski definition) is 8. The monoisotopic (exact) mass is 460 g/mol. The molecule has 1 aromatic carbocycles. The minimum atomic E-state index is -0.436. The molecule has 10 heteroatoms. The van der Waals surface area contributed by atoms with Crippen LogP contribution in [0, 0.1) is 0 Å². The van der Waals surface area contributed by atoms with Crippen LogP contribution in [0.25, 0.3) is 5.57 Å². The lowest BCUT2D eigenvalue weighted by Crippen LogP contribution is -2.42. The Bertz CT molecular complexity index is 1010. The fourth-order valence-electron chi connectivity index (χ4n) is 3.60. The van der Waals surface area contributed by atoms with Gasteiger partial charge in [0.1, 0.15) is 6.26 Å². The summed E-state index contributed by atoms with van der Waals surface area (Å²) in [5, 5.41) is 7.70. The molecule has 8 nitrogen and oxygen atoms in total. The smallest absolute Gasteiger partial charge is 0.292 e. The van der Waals surface area contributed by atoms with Crippen molar-refractivity contribution in [2.45, 2.75) is 18.9 Å². The van der Waals surface area contributed by atoms with E-state index in [0.29, 0.717) is 16.8 Å². The number of halogens is 1. The van der Waals surface area contributed by atoms with Crippen LogP contribution in [0.15, 0.2) is 40.1 Å². The minimum Gasteiger partial charge on any atom is -0.431 e. The number of rotatable bonds is 6. The Labute approximate surface area is 190 Å². The first-order valence-corrected chi connectivity index (χ1v) is 11.5. The summed E-state index contributed by atoms with van der Waals surface area (Å²) in [6, 6.07) is 6.11. The number of nitrogen functional groups attached to an aromatic ring is 1. The number of amides is 1. The molecule has 0 aliphatic carbocycles. The summed E-state index contributed by atoms with van der Waals surface area (Å²) in [4.78, 5) is 23.3. The Morgan fingerprint density at radius 2 is 2.19 bits per heavy atom. The zero-order valence-electron chi connectivity index (χ0n) is 17.2. The molecule has 1 saturated heterocycles. The molecule has 0 radical (unpaired) electrons. The van der Waals surface area contributed by atoms with Gasteiger partial charge in [-0.15, -0.1) is 11.8 Å². The van der Waals surface area contributed by atoms with Crippen molar-refractivity contribution in [3.8, 4) is 0 Å². The van der Waals surface area contributed by atoms with E-state index < -0.39 is 5.91 Å². The van der Waals surface area contributed by atoms with Gasteiger partial charge in [0.2, 0.25) is 0 Å². The predicted octanol–water partition coefficient (Wildman–Crippen LogP) is 3.33. The predicted molar refractivity (Wildman–Crippen MR) is 127 cm³/mol. The van der Waals surface area contributed by atoms with E-state index in [-0.39, 0.29) is 11.7 Å². The van der Waals surface area contributed by atoms with Gasteiger partial charge in [-0.2, -0.15) is 4.98 Å². The van der Waals surface area contributed by atoms with E-state index >= 15 is 0 Å². The van der Waals surface area contributed by atoms with Gasteiger partial charge in [0.05, 0.1) is 15.8 Å². The van der Waals surface area contributed by atoms with Crippen molar-refractivity contribution in [3.05, 3.63) is 46.9 Å². The van der Waals surface area contributed by atoms with E-state index in [1.165, 1.54) is 19.1 Å². The van der Waals surface area contributed by atoms with E-state index in [9.17, 15) is 4.79 Å². The SMILES string of the molecule is CNC1CCN(CC2=NC=C(c3ccc(Cl)c(NC(=O)c4coc(N)n4)c3)CS2)CC1. The summed E-state index contributed by atoms with van der Waals surface area (Å²) in [5.41, 5.74) is 8.07. The van der Waals surface area contributed by atoms with Crippen molar-refractivity contribution in [3.63, 3.8) is 0 Å². The van der Waals surface area contributed by atoms with Gasteiger partial charge in [0, 0.05) is 37.6 Å². The molecule has 2 aromatic rings. The number of nitrogens with one attached hydrogen (secondary N) is 2. The lowest BCUT2D eigenvalue weighted by Gasteiger charge is -2.32. The molecule has 2 aliphatic heterocycles. The summed E-state index contributed by atoms with van der Waals surface area (Å²) in [6.45, 7) is 3.09. The average molecular weight is 461 g/mol. The average Bonchev–Trinajstić information content (AvgIpc) is 3.23. The summed E-state index contributed by atoms with van der Waals surface area (Å²) < 4.78 is 4.89. The fourth-order valence-corrected chi connectivity index (χ4v) is 4.73. The molecule has 1 amide bonds. The molecule has 4 N–H and O–H groups in total. The molecule has 0 atom stereocenters. The van der Waals surface area contributed by atoms with Crippen LogP contribution in [0.1, 0.15) is 28.9 Å². The van der Waals surface area contributed by atoms with Crippen LogP contribution < -0.4 is 16.4 Å². The largest absolute Gasteiger partial charge is 0.431 e. The molecular weight excluding hydrogens is 436 g/mol. The number of piperidine rings is 1. The van der Waals surface area contributed by atoms with Crippen molar-refractivity contribution in [1.82, 2.24) is 15.2 Å². The van der Waals surface area contributed by atoms with Crippen molar-refractivity contribution >= 4 is 51.6 Å². The molecule has 1 fully saturated rings. The number of aromatic nitrogens is 1. The molecule has 0 spiro atoms.